The van der Waals surface area contributed by atoms with Gasteiger partial charge in [-0.1, -0.05) is 18.2 Å². The number of para-hydroxylation sites is 2. The first-order valence-electron chi connectivity index (χ1n) is 11.6. The van der Waals surface area contributed by atoms with Gasteiger partial charge in [-0.25, -0.2) is 4.79 Å². The molecule has 190 valence electrons. The number of hydrogen-bond acceptors (Lipinski definition) is 9. The third kappa shape index (κ3) is 5.84. The monoisotopic (exact) mass is 494 g/mol. The zero-order valence-electron chi connectivity index (χ0n) is 20.8. The van der Waals surface area contributed by atoms with Crippen LogP contribution < -0.4 is 24.7 Å². The summed E-state index contributed by atoms with van der Waals surface area (Å²) in [7, 11) is 1.58. The van der Waals surface area contributed by atoms with E-state index in [1.165, 1.54) is 0 Å². The van der Waals surface area contributed by atoms with Crippen molar-refractivity contribution in [3.63, 3.8) is 0 Å². The van der Waals surface area contributed by atoms with E-state index < -0.39 is 11.9 Å². The summed E-state index contributed by atoms with van der Waals surface area (Å²) >= 11 is 0. The summed E-state index contributed by atoms with van der Waals surface area (Å²) in [5.74, 6) is 1.07. The largest absolute Gasteiger partial charge is 0.493 e. The van der Waals surface area contributed by atoms with Crippen molar-refractivity contribution in [2.75, 3.05) is 33.5 Å². The van der Waals surface area contributed by atoms with Gasteiger partial charge in [0.05, 0.1) is 31.8 Å². The van der Waals surface area contributed by atoms with Crippen molar-refractivity contribution in [3.05, 3.63) is 70.8 Å². The van der Waals surface area contributed by atoms with E-state index >= 15 is 0 Å². The average molecular weight is 495 g/mol. The lowest BCUT2D eigenvalue weighted by atomic mass is 9.83. The van der Waals surface area contributed by atoms with Crippen molar-refractivity contribution in [1.82, 2.24) is 0 Å². The van der Waals surface area contributed by atoms with E-state index in [0.717, 1.165) is 0 Å². The number of nitrogens with zero attached hydrogens (tertiary/aromatic N) is 1. The summed E-state index contributed by atoms with van der Waals surface area (Å²) < 4.78 is 33.5. The van der Waals surface area contributed by atoms with Crippen LogP contribution in [0, 0.1) is 11.3 Å². The molecule has 36 heavy (non-hydrogen) atoms. The van der Waals surface area contributed by atoms with Crippen LogP contribution in [0.1, 0.15) is 32.3 Å². The number of methoxy groups -OCH3 is 1. The zero-order valence-corrected chi connectivity index (χ0v) is 20.8. The molecule has 1 aliphatic heterocycles. The SMILES string of the molecule is CCOC(=O)C1=C(C)OC(N)=C(C#N)C1c1ccc(OCCOc2ccccc2OC)c(OCC)c1. The fourth-order valence-electron chi connectivity index (χ4n) is 3.82. The molecule has 0 aliphatic carbocycles. The number of carbonyl (C=O) groups excluding carboxylic acids is 1. The third-order valence-corrected chi connectivity index (χ3v) is 5.37. The second kappa shape index (κ2) is 12.4. The number of benzene rings is 2. The molecule has 0 radical (unpaired) electrons. The van der Waals surface area contributed by atoms with Crippen molar-refractivity contribution < 1.29 is 33.2 Å². The van der Waals surface area contributed by atoms with Crippen LogP contribution in [-0.2, 0) is 14.3 Å². The molecule has 1 heterocycles. The van der Waals surface area contributed by atoms with E-state index in [0.29, 0.717) is 35.2 Å². The van der Waals surface area contributed by atoms with Gasteiger partial charge >= 0.3 is 5.97 Å². The highest BCUT2D eigenvalue weighted by atomic mass is 16.6. The molecule has 9 nitrogen and oxygen atoms in total. The van der Waals surface area contributed by atoms with Crippen LogP contribution in [0.4, 0.5) is 0 Å². The van der Waals surface area contributed by atoms with Crippen LogP contribution in [0.5, 0.6) is 23.0 Å². The first kappa shape index (κ1) is 26.3. The van der Waals surface area contributed by atoms with E-state index in [1.54, 1.807) is 39.2 Å². The standard InChI is InChI=1S/C27H30N2O7/c1-5-32-23-15-18(25-19(16-28)26(29)36-17(3)24(25)27(30)33-6-2)11-12-22(23)35-14-13-34-21-10-8-7-9-20(21)31-4/h7-12,15,25H,5-6,13-14,29H2,1-4H3. The second-order valence-corrected chi connectivity index (χ2v) is 7.60. The lowest BCUT2D eigenvalue weighted by Gasteiger charge is -2.27. The maximum Gasteiger partial charge on any atom is 0.338 e. The summed E-state index contributed by atoms with van der Waals surface area (Å²) in [6.07, 6.45) is 0. The quantitative estimate of drug-likeness (QED) is 0.362. The molecule has 0 spiro atoms. The first-order chi connectivity index (χ1) is 17.4. The fraction of sp³-hybridized carbons (Fsp3) is 0.333. The summed E-state index contributed by atoms with van der Waals surface area (Å²) in [6, 6.07) is 14.6. The van der Waals surface area contributed by atoms with Gasteiger partial charge in [0.15, 0.2) is 23.0 Å². The number of esters is 1. The van der Waals surface area contributed by atoms with Gasteiger partial charge in [0, 0.05) is 0 Å². The molecule has 0 aromatic heterocycles. The van der Waals surface area contributed by atoms with Crippen molar-refractivity contribution in [2.24, 2.45) is 5.73 Å². The van der Waals surface area contributed by atoms with Gasteiger partial charge in [-0.2, -0.15) is 5.26 Å². The van der Waals surface area contributed by atoms with E-state index in [2.05, 4.69) is 6.07 Å². The number of nitriles is 1. The number of ether oxygens (including phenoxy) is 6. The Hall–Kier alpha value is -4.32. The molecule has 0 bridgehead atoms. The highest BCUT2D eigenvalue weighted by Gasteiger charge is 2.36. The molecule has 3 rings (SSSR count). The third-order valence-electron chi connectivity index (χ3n) is 5.37. The minimum Gasteiger partial charge on any atom is -0.493 e. The van der Waals surface area contributed by atoms with Crippen molar-refractivity contribution in [1.29, 1.82) is 5.26 Å². The van der Waals surface area contributed by atoms with Crippen LogP contribution in [0.15, 0.2) is 65.3 Å². The molecule has 1 aliphatic rings. The van der Waals surface area contributed by atoms with Crippen molar-refractivity contribution in [2.45, 2.75) is 26.7 Å². The van der Waals surface area contributed by atoms with Gasteiger partial charge in [0.2, 0.25) is 5.88 Å². The molecule has 0 saturated heterocycles. The predicted octanol–water partition coefficient (Wildman–Crippen LogP) is 4.20. The fourth-order valence-corrected chi connectivity index (χ4v) is 3.82. The highest BCUT2D eigenvalue weighted by Crippen LogP contribution is 2.42. The molecule has 1 atom stereocenters. The lowest BCUT2D eigenvalue weighted by molar-refractivity contribution is -0.139. The summed E-state index contributed by atoms with van der Waals surface area (Å²) in [6.45, 7) is 6.26. The van der Waals surface area contributed by atoms with Crippen LogP contribution in [0.25, 0.3) is 0 Å². The number of carbonyl (C=O) groups is 1. The van der Waals surface area contributed by atoms with Gasteiger partial charge < -0.3 is 34.2 Å². The Morgan fingerprint density at radius 3 is 2.28 bits per heavy atom. The topological polar surface area (TPSA) is 122 Å². The zero-order chi connectivity index (χ0) is 26.1. The van der Waals surface area contributed by atoms with Crippen molar-refractivity contribution in [3.8, 4) is 29.1 Å². The molecule has 1 unspecified atom stereocenters. The molecule has 9 heteroatoms. The lowest BCUT2D eigenvalue weighted by Crippen LogP contribution is -2.25. The second-order valence-electron chi connectivity index (χ2n) is 7.60. The van der Waals surface area contributed by atoms with Gasteiger partial charge in [-0.3, -0.25) is 0 Å². The molecule has 2 aromatic rings. The number of allylic oxidation sites excluding steroid dienone is 2. The Kier molecular flexibility index (Phi) is 9.06. The summed E-state index contributed by atoms with van der Waals surface area (Å²) in [5.41, 5.74) is 6.93. The minimum absolute atomic E-state index is 0.0557. The Balaban J connectivity index is 1.85. The Labute approximate surface area is 210 Å². The van der Waals surface area contributed by atoms with Crippen molar-refractivity contribution >= 4 is 5.97 Å². The maximum atomic E-state index is 12.8. The number of rotatable bonds is 11. The number of nitrogens with two attached hydrogens (primary N) is 1. The average Bonchev–Trinajstić information content (AvgIpc) is 2.87. The molecule has 0 amide bonds. The smallest absolute Gasteiger partial charge is 0.338 e. The molecular weight excluding hydrogens is 464 g/mol. The first-order valence-corrected chi connectivity index (χ1v) is 11.6. The van der Waals surface area contributed by atoms with Crippen LogP contribution >= 0.6 is 0 Å². The molecule has 0 saturated carbocycles. The van der Waals surface area contributed by atoms with Crippen LogP contribution in [0.2, 0.25) is 0 Å². The van der Waals surface area contributed by atoms with E-state index in [1.807, 2.05) is 31.2 Å². The summed E-state index contributed by atoms with van der Waals surface area (Å²) in [5, 5.41) is 9.79. The van der Waals surface area contributed by atoms with Crippen LogP contribution in [-0.4, -0.2) is 39.5 Å². The number of hydrogen-bond donors (Lipinski definition) is 1. The highest BCUT2D eigenvalue weighted by molar-refractivity contribution is 5.92. The van der Waals surface area contributed by atoms with Gasteiger partial charge in [0.1, 0.15) is 30.6 Å². The molecule has 2 N–H and O–H groups in total. The van der Waals surface area contributed by atoms with E-state index in [9.17, 15) is 10.1 Å². The molecular formula is C27H30N2O7. The molecule has 0 fully saturated rings. The Morgan fingerprint density at radius 1 is 1.00 bits per heavy atom. The Morgan fingerprint density at radius 2 is 1.67 bits per heavy atom. The van der Waals surface area contributed by atoms with E-state index in [4.69, 9.17) is 34.2 Å². The summed E-state index contributed by atoms with van der Waals surface area (Å²) in [4.78, 5) is 12.8. The normalized spacial score (nSPS) is 15.0. The van der Waals surface area contributed by atoms with Gasteiger partial charge in [0.25, 0.3) is 0 Å². The van der Waals surface area contributed by atoms with E-state index in [-0.39, 0.29) is 42.6 Å². The predicted molar refractivity (Wildman–Crippen MR) is 132 cm³/mol. The maximum absolute atomic E-state index is 12.8. The van der Waals surface area contributed by atoms with Gasteiger partial charge in [-0.15, -0.1) is 0 Å². The Bertz CT molecular complexity index is 1200. The molecule has 2 aromatic carbocycles. The minimum atomic E-state index is -0.773. The van der Waals surface area contributed by atoms with Crippen LogP contribution in [0.3, 0.4) is 0 Å². The van der Waals surface area contributed by atoms with Gasteiger partial charge in [-0.05, 0) is 50.6 Å².